The smallest absolute Gasteiger partial charge is 0.224 e. The number of amides is 1. The first kappa shape index (κ1) is 20.4. The van der Waals surface area contributed by atoms with Crippen LogP contribution in [0, 0.1) is 17.5 Å². The van der Waals surface area contributed by atoms with Crippen molar-refractivity contribution in [3.8, 4) is 11.4 Å². The molecular weight excluding hydrogens is 443 g/mol. The number of halogens is 2. The summed E-state index contributed by atoms with van der Waals surface area (Å²) in [4.78, 5) is 14.1. The number of nitrogens with zero attached hydrogens (tertiary/aromatic N) is 3. The van der Waals surface area contributed by atoms with Crippen molar-refractivity contribution in [1.82, 2.24) is 19.7 Å². The summed E-state index contributed by atoms with van der Waals surface area (Å²) in [5, 5.41) is 7.09. The van der Waals surface area contributed by atoms with Crippen LogP contribution in [-0.2, 0) is 17.9 Å². The Kier molecular flexibility index (Phi) is 6.41. The minimum atomic E-state index is -0.332. The molecule has 0 bridgehead atoms. The Balaban J connectivity index is 1.69. The quantitative estimate of drug-likeness (QED) is 0.531. The van der Waals surface area contributed by atoms with Crippen molar-refractivity contribution in [2.24, 2.45) is 0 Å². The molecule has 2 aromatic carbocycles. The zero-order valence-corrected chi connectivity index (χ0v) is 18.0. The molecule has 0 saturated carbocycles. The van der Waals surface area contributed by atoms with Crippen molar-refractivity contribution >= 4 is 34.1 Å². The normalized spacial score (nSPS) is 10.9. The van der Waals surface area contributed by atoms with Gasteiger partial charge in [0.2, 0.25) is 5.91 Å². The number of H-pyrrole nitrogens is 1. The number of aryl methyl sites for hydroxylation is 1. The van der Waals surface area contributed by atoms with Gasteiger partial charge in [0.25, 0.3) is 0 Å². The van der Waals surface area contributed by atoms with Gasteiger partial charge in [-0.15, -0.1) is 0 Å². The fourth-order valence-corrected chi connectivity index (χ4v) is 3.49. The molecule has 0 spiro atoms. The standard InChI is InChI=1S/C20H20BrFN4OS/c1-13-3-5-14(6-4-13)19-23-24-20(28)26(19)10-9-18(27)25(2)12-15-11-16(21)7-8-17(15)22/h3-8,11H,9-10,12H2,1-2H3,(H,24,28). The van der Waals surface area contributed by atoms with Gasteiger partial charge >= 0.3 is 0 Å². The van der Waals surface area contributed by atoms with Gasteiger partial charge in [-0.2, -0.15) is 5.10 Å². The maximum atomic E-state index is 13.9. The number of carbonyl (C=O) groups excluding carboxylic acids is 1. The molecule has 0 fully saturated rings. The lowest BCUT2D eigenvalue weighted by atomic mass is 10.1. The number of aromatic nitrogens is 3. The molecule has 0 atom stereocenters. The fourth-order valence-electron chi connectivity index (χ4n) is 2.85. The van der Waals surface area contributed by atoms with Gasteiger partial charge in [0.05, 0.1) is 0 Å². The lowest BCUT2D eigenvalue weighted by Gasteiger charge is -2.18. The summed E-state index contributed by atoms with van der Waals surface area (Å²) in [6.07, 6.45) is 0.235. The molecule has 3 aromatic rings. The Morgan fingerprint density at radius 3 is 2.71 bits per heavy atom. The van der Waals surface area contributed by atoms with Crippen molar-refractivity contribution in [2.45, 2.75) is 26.4 Å². The Morgan fingerprint density at radius 1 is 1.29 bits per heavy atom. The van der Waals surface area contributed by atoms with Crippen LogP contribution in [0.2, 0.25) is 0 Å². The Morgan fingerprint density at radius 2 is 2.00 bits per heavy atom. The predicted octanol–water partition coefficient (Wildman–Crippen LogP) is 4.87. The maximum Gasteiger partial charge on any atom is 0.224 e. The molecule has 8 heteroatoms. The highest BCUT2D eigenvalue weighted by atomic mass is 79.9. The Hall–Kier alpha value is -2.32. The molecule has 1 N–H and O–H groups in total. The average molecular weight is 463 g/mol. The molecule has 5 nitrogen and oxygen atoms in total. The van der Waals surface area contributed by atoms with Crippen molar-refractivity contribution in [2.75, 3.05) is 7.05 Å². The van der Waals surface area contributed by atoms with Crippen molar-refractivity contribution in [3.63, 3.8) is 0 Å². The Bertz CT molecular complexity index is 1050. The molecule has 28 heavy (non-hydrogen) atoms. The first-order chi connectivity index (χ1) is 13.3. The second-order valence-corrected chi connectivity index (χ2v) is 7.91. The molecule has 0 aliphatic heterocycles. The highest BCUT2D eigenvalue weighted by Crippen LogP contribution is 2.19. The van der Waals surface area contributed by atoms with Gasteiger partial charge in [0, 0.05) is 42.2 Å². The largest absolute Gasteiger partial charge is 0.341 e. The average Bonchev–Trinajstić information content (AvgIpc) is 3.03. The monoisotopic (exact) mass is 462 g/mol. The predicted molar refractivity (Wildman–Crippen MR) is 113 cm³/mol. The molecule has 0 unspecified atom stereocenters. The number of aromatic amines is 1. The molecule has 0 radical (unpaired) electrons. The number of carbonyl (C=O) groups is 1. The third kappa shape index (κ3) is 4.74. The van der Waals surface area contributed by atoms with E-state index in [1.807, 2.05) is 35.8 Å². The molecule has 3 rings (SSSR count). The highest BCUT2D eigenvalue weighted by Gasteiger charge is 2.15. The van der Waals surface area contributed by atoms with Crippen molar-refractivity contribution in [1.29, 1.82) is 0 Å². The summed E-state index contributed by atoms with van der Waals surface area (Å²) in [5.41, 5.74) is 2.54. The van der Waals surface area contributed by atoms with Gasteiger partial charge in [-0.1, -0.05) is 45.8 Å². The van der Waals surface area contributed by atoms with Crippen molar-refractivity contribution < 1.29 is 9.18 Å². The van der Waals surface area contributed by atoms with Gasteiger partial charge in [-0.3, -0.25) is 14.5 Å². The van der Waals surface area contributed by atoms with E-state index in [4.69, 9.17) is 12.2 Å². The third-order valence-electron chi connectivity index (χ3n) is 4.46. The summed E-state index contributed by atoms with van der Waals surface area (Å²) >= 11 is 8.65. The van der Waals surface area contributed by atoms with Gasteiger partial charge in [-0.25, -0.2) is 4.39 Å². The minimum Gasteiger partial charge on any atom is -0.341 e. The van der Waals surface area contributed by atoms with E-state index in [1.54, 1.807) is 19.2 Å². The van der Waals surface area contributed by atoms with Crippen LogP contribution in [0.1, 0.15) is 17.5 Å². The van der Waals surface area contributed by atoms with E-state index in [2.05, 4.69) is 26.1 Å². The Labute approximate surface area is 176 Å². The topological polar surface area (TPSA) is 53.9 Å². The van der Waals surface area contributed by atoms with Crippen LogP contribution in [0.25, 0.3) is 11.4 Å². The van der Waals surface area contributed by atoms with Crippen LogP contribution in [0.3, 0.4) is 0 Å². The first-order valence-corrected chi connectivity index (χ1v) is 9.95. The summed E-state index contributed by atoms with van der Waals surface area (Å²) in [6.45, 7) is 2.61. The maximum absolute atomic E-state index is 13.9. The molecule has 0 aliphatic rings. The number of rotatable bonds is 6. The zero-order valence-electron chi connectivity index (χ0n) is 15.6. The number of nitrogens with one attached hydrogen (secondary N) is 1. The second kappa shape index (κ2) is 8.79. The fraction of sp³-hybridized carbons (Fsp3) is 0.250. The van der Waals surface area contributed by atoms with E-state index >= 15 is 0 Å². The molecule has 1 aromatic heterocycles. The van der Waals surface area contributed by atoms with E-state index in [0.29, 0.717) is 22.7 Å². The van der Waals surface area contributed by atoms with Crippen LogP contribution < -0.4 is 0 Å². The van der Waals surface area contributed by atoms with Crippen LogP contribution in [0.4, 0.5) is 4.39 Å². The van der Waals surface area contributed by atoms with E-state index in [-0.39, 0.29) is 24.7 Å². The van der Waals surface area contributed by atoms with Gasteiger partial charge in [-0.05, 0) is 37.3 Å². The van der Waals surface area contributed by atoms with E-state index in [0.717, 1.165) is 15.6 Å². The molecule has 0 saturated heterocycles. The SMILES string of the molecule is Cc1ccc(-c2n[nH]c(=S)n2CCC(=O)N(C)Cc2cc(Br)ccc2F)cc1. The minimum absolute atomic E-state index is 0.0997. The van der Waals surface area contributed by atoms with Crippen LogP contribution in [0.15, 0.2) is 46.9 Å². The van der Waals surface area contributed by atoms with Crippen LogP contribution >= 0.6 is 28.1 Å². The lowest BCUT2D eigenvalue weighted by Crippen LogP contribution is -2.27. The molecule has 0 aliphatic carbocycles. The van der Waals surface area contributed by atoms with E-state index in [9.17, 15) is 9.18 Å². The third-order valence-corrected chi connectivity index (χ3v) is 5.26. The van der Waals surface area contributed by atoms with E-state index in [1.165, 1.54) is 11.0 Å². The molecular formula is C20H20BrFN4OS. The molecule has 146 valence electrons. The number of hydrogen-bond donors (Lipinski definition) is 1. The summed E-state index contributed by atoms with van der Waals surface area (Å²) in [5.74, 6) is 0.261. The molecule has 1 heterocycles. The number of hydrogen-bond acceptors (Lipinski definition) is 3. The molecule has 1 amide bonds. The van der Waals surface area contributed by atoms with Gasteiger partial charge in [0.1, 0.15) is 5.82 Å². The summed E-state index contributed by atoms with van der Waals surface area (Å²) < 4.78 is 17.0. The van der Waals surface area contributed by atoms with Crippen molar-refractivity contribution in [3.05, 3.63) is 68.7 Å². The van der Waals surface area contributed by atoms with Gasteiger partial charge < -0.3 is 4.90 Å². The van der Waals surface area contributed by atoms with Crippen LogP contribution in [0.5, 0.6) is 0 Å². The lowest BCUT2D eigenvalue weighted by molar-refractivity contribution is -0.130. The zero-order chi connectivity index (χ0) is 20.3. The highest BCUT2D eigenvalue weighted by molar-refractivity contribution is 9.10. The second-order valence-electron chi connectivity index (χ2n) is 6.61. The van der Waals surface area contributed by atoms with Gasteiger partial charge in [0.15, 0.2) is 10.6 Å². The summed E-state index contributed by atoms with van der Waals surface area (Å²) in [6, 6.07) is 12.7. The van der Waals surface area contributed by atoms with E-state index < -0.39 is 0 Å². The number of benzene rings is 2. The summed E-state index contributed by atoms with van der Waals surface area (Å²) in [7, 11) is 1.66. The van der Waals surface area contributed by atoms with Crippen LogP contribution in [-0.4, -0.2) is 32.6 Å². The first-order valence-electron chi connectivity index (χ1n) is 8.75.